The Labute approximate surface area is 98.3 Å². The van der Waals surface area contributed by atoms with Crippen LogP contribution < -0.4 is 5.73 Å². The number of ketones is 1. The third-order valence-electron chi connectivity index (χ3n) is 2.37. The summed E-state index contributed by atoms with van der Waals surface area (Å²) in [4.78, 5) is 16.2. The lowest BCUT2D eigenvalue weighted by atomic mass is 9.99. The van der Waals surface area contributed by atoms with Crippen LogP contribution in [0.4, 0.5) is 0 Å². The molecule has 0 saturated carbocycles. The standard InChI is InChI=1S/C12H14N2OS/c1-12(2,13)10(15)7-11-14-8-5-3-4-6-9(8)16-11/h3-6H,7,13H2,1-2H3. The number of nitrogens with two attached hydrogens (primary N) is 1. The summed E-state index contributed by atoms with van der Waals surface area (Å²) in [5.41, 5.74) is 5.92. The van der Waals surface area contributed by atoms with Crippen LogP contribution in [0.3, 0.4) is 0 Å². The number of nitrogens with zero attached hydrogens (tertiary/aromatic N) is 1. The monoisotopic (exact) mass is 234 g/mol. The molecule has 1 aromatic heterocycles. The Morgan fingerprint density at radius 2 is 2.12 bits per heavy atom. The Morgan fingerprint density at radius 1 is 1.44 bits per heavy atom. The molecule has 3 nitrogen and oxygen atoms in total. The van der Waals surface area contributed by atoms with Crippen molar-refractivity contribution in [2.75, 3.05) is 0 Å². The van der Waals surface area contributed by atoms with Gasteiger partial charge in [0.05, 0.1) is 22.2 Å². The van der Waals surface area contributed by atoms with Crippen LogP contribution in [-0.2, 0) is 11.2 Å². The molecule has 2 aromatic rings. The molecule has 0 aliphatic heterocycles. The van der Waals surface area contributed by atoms with Crippen molar-refractivity contribution >= 4 is 27.3 Å². The number of hydrogen-bond acceptors (Lipinski definition) is 4. The fourth-order valence-electron chi connectivity index (χ4n) is 1.36. The van der Waals surface area contributed by atoms with Crippen LogP contribution in [0.15, 0.2) is 24.3 Å². The van der Waals surface area contributed by atoms with E-state index in [4.69, 9.17) is 5.73 Å². The number of thiazole rings is 1. The van der Waals surface area contributed by atoms with Crippen molar-refractivity contribution in [3.05, 3.63) is 29.3 Å². The molecule has 0 radical (unpaired) electrons. The smallest absolute Gasteiger partial charge is 0.158 e. The van der Waals surface area contributed by atoms with E-state index in [-0.39, 0.29) is 5.78 Å². The van der Waals surface area contributed by atoms with E-state index < -0.39 is 5.54 Å². The molecule has 0 atom stereocenters. The van der Waals surface area contributed by atoms with Crippen molar-refractivity contribution in [3.63, 3.8) is 0 Å². The van der Waals surface area contributed by atoms with Crippen molar-refractivity contribution in [1.82, 2.24) is 4.98 Å². The summed E-state index contributed by atoms with van der Waals surface area (Å²) in [6.45, 7) is 3.45. The molecular weight excluding hydrogens is 220 g/mol. The summed E-state index contributed by atoms with van der Waals surface area (Å²) in [5, 5.41) is 0.838. The van der Waals surface area contributed by atoms with Crippen LogP contribution in [0, 0.1) is 0 Å². The van der Waals surface area contributed by atoms with E-state index in [1.807, 2.05) is 24.3 Å². The van der Waals surface area contributed by atoms with Crippen molar-refractivity contribution in [2.24, 2.45) is 5.73 Å². The van der Waals surface area contributed by atoms with Crippen LogP contribution in [0.25, 0.3) is 10.2 Å². The van der Waals surface area contributed by atoms with Gasteiger partial charge in [-0.25, -0.2) is 4.98 Å². The van der Waals surface area contributed by atoms with Crippen molar-refractivity contribution in [1.29, 1.82) is 0 Å². The molecule has 0 aliphatic rings. The van der Waals surface area contributed by atoms with Gasteiger partial charge in [0.15, 0.2) is 5.78 Å². The highest BCUT2D eigenvalue weighted by atomic mass is 32.1. The maximum atomic E-state index is 11.8. The normalized spacial score (nSPS) is 11.9. The summed E-state index contributed by atoms with van der Waals surface area (Å²) < 4.78 is 1.11. The van der Waals surface area contributed by atoms with Gasteiger partial charge in [-0.1, -0.05) is 12.1 Å². The van der Waals surface area contributed by atoms with E-state index in [9.17, 15) is 4.79 Å². The zero-order valence-electron chi connectivity index (χ0n) is 9.36. The van der Waals surface area contributed by atoms with Gasteiger partial charge in [-0.3, -0.25) is 4.79 Å². The molecule has 0 fully saturated rings. The molecule has 0 bridgehead atoms. The Morgan fingerprint density at radius 3 is 2.75 bits per heavy atom. The fourth-order valence-corrected chi connectivity index (χ4v) is 2.33. The molecule has 2 N–H and O–H groups in total. The van der Waals surface area contributed by atoms with Gasteiger partial charge in [-0.05, 0) is 26.0 Å². The van der Waals surface area contributed by atoms with Gasteiger partial charge in [-0.15, -0.1) is 11.3 Å². The summed E-state index contributed by atoms with van der Waals surface area (Å²) in [6.07, 6.45) is 0.322. The number of carbonyl (C=O) groups excluding carboxylic acids is 1. The number of Topliss-reactive ketones (excluding diaryl/α,β-unsaturated/α-hetero) is 1. The summed E-state index contributed by atoms with van der Waals surface area (Å²) in [7, 11) is 0. The molecule has 1 aromatic carbocycles. The zero-order chi connectivity index (χ0) is 11.8. The molecule has 4 heteroatoms. The minimum absolute atomic E-state index is 0.0200. The number of rotatable bonds is 3. The molecule has 0 aliphatic carbocycles. The van der Waals surface area contributed by atoms with Crippen LogP contribution in [0.5, 0.6) is 0 Å². The van der Waals surface area contributed by atoms with Crippen molar-refractivity contribution in [3.8, 4) is 0 Å². The van der Waals surface area contributed by atoms with Gasteiger partial charge in [0.1, 0.15) is 5.01 Å². The topological polar surface area (TPSA) is 56.0 Å². The third-order valence-corrected chi connectivity index (χ3v) is 3.41. The molecule has 2 rings (SSSR count). The molecule has 16 heavy (non-hydrogen) atoms. The lowest BCUT2D eigenvalue weighted by molar-refractivity contribution is -0.122. The number of hydrogen-bond donors (Lipinski definition) is 1. The van der Waals surface area contributed by atoms with Crippen molar-refractivity contribution in [2.45, 2.75) is 25.8 Å². The number of aromatic nitrogens is 1. The predicted octanol–water partition coefficient (Wildman–Crippen LogP) is 2.15. The fraction of sp³-hybridized carbons (Fsp3) is 0.333. The summed E-state index contributed by atoms with van der Waals surface area (Å²) in [5.74, 6) is 0.0200. The van der Waals surface area contributed by atoms with Gasteiger partial charge in [0.2, 0.25) is 0 Å². The van der Waals surface area contributed by atoms with Gasteiger partial charge in [0, 0.05) is 0 Å². The van der Waals surface area contributed by atoms with Crippen LogP contribution in [0.2, 0.25) is 0 Å². The maximum absolute atomic E-state index is 11.8. The number of carbonyl (C=O) groups is 1. The van der Waals surface area contributed by atoms with Gasteiger partial charge < -0.3 is 5.73 Å². The lowest BCUT2D eigenvalue weighted by Gasteiger charge is -2.15. The second kappa shape index (κ2) is 3.96. The molecule has 84 valence electrons. The van der Waals surface area contributed by atoms with Gasteiger partial charge >= 0.3 is 0 Å². The average Bonchev–Trinajstić information content (AvgIpc) is 2.58. The summed E-state index contributed by atoms with van der Waals surface area (Å²) >= 11 is 1.55. The molecule has 0 amide bonds. The second-order valence-electron chi connectivity index (χ2n) is 4.40. The van der Waals surface area contributed by atoms with E-state index in [0.717, 1.165) is 15.2 Å². The molecular formula is C12H14N2OS. The quantitative estimate of drug-likeness (QED) is 0.885. The Balaban J connectivity index is 2.25. The molecule has 0 saturated heterocycles. The number of fused-ring (bicyclic) bond motifs is 1. The van der Waals surface area contributed by atoms with Crippen LogP contribution in [-0.4, -0.2) is 16.3 Å². The largest absolute Gasteiger partial charge is 0.319 e. The van der Waals surface area contributed by atoms with Crippen molar-refractivity contribution < 1.29 is 4.79 Å². The highest BCUT2D eigenvalue weighted by Crippen LogP contribution is 2.22. The second-order valence-corrected chi connectivity index (χ2v) is 5.51. The van der Waals surface area contributed by atoms with E-state index in [1.54, 1.807) is 25.2 Å². The van der Waals surface area contributed by atoms with E-state index >= 15 is 0 Å². The minimum atomic E-state index is -0.780. The summed E-state index contributed by atoms with van der Waals surface area (Å²) in [6, 6.07) is 7.88. The van der Waals surface area contributed by atoms with E-state index in [0.29, 0.717) is 6.42 Å². The zero-order valence-corrected chi connectivity index (χ0v) is 10.2. The molecule has 1 heterocycles. The van der Waals surface area contributed by atoms with Crippen LogP contribution in [0.1, 0.15) is 18.9 Å². The van der Waals surface area contributed by atoms with E-state index in [2.05, 4.69) is 4.98 Å². The Hall–Kier alpha value is -1.26. The third kappa shape index (κ3) is 2.28. The maximum Gasteiger partial charge on any atom is 0.158 e. The average molecular weight is 234 g/mol. The first kappa shape index (κ1) is 11.2. The highest BCUT2D eigenvalue weighted by Gasteiger charge is 2.22. The first-order valence-corrected chi connectivity index (χ1v) is 5.95. The Kier molecular flexibility index (Phi) is 2.78. The lowest BCUT2D eigenvalue weighted by Crippen LogP contribution is -2.42. The minimum Gasteiger partial charge on any atom is -0.319 e. The Bertz CT molecular complexity index is 492. The first-order chi connectivity index (χ1) is 7.47. The highest BCUT2D eigenvalue weighted by molar-refractivity contribution is 7.18. The van der Waals surface area contributed by atoms with Gasteiger partial charge in [0.25, 0.3) is 0 Å². The first-order valence-electron chi connectivity index (χ1n) is 5.13. The van der Waals surface area contributed by atoms with Crippen LogP contribution >= 0.6 is 11.3 Å². The molecule has 0 spiro atoms. The van der Waals surface area contributed by atoms with Gasteiger partial charge in [-0.2, -0.15) is 0 Å². The molecule has 0 unspecified atom stereocenters. The SMILES string of the molecule is CC(C)(N)C(=O)Cc1nc2ccccc2s1. The van der Waals surface area contributed by atoms with E-state index in [1.165, 1.54) is 0 Å². The predicted molar refractivity (Wildman–Crippen MR) is 66.6 cm³/mol. The number of benzene rings is 1. The number of para-hydroxylation sites is 1.